The fraction of sp³-hybridized carbons (Fsp3) is 0.879. The van der Waals surface area contributed by atoms with E-state index in [0.717, 1.165) is 110 Å². The lowest BCUT2D eigenvalue weighted by atomic mass is 9.83. The van der Waals surface area contributed by atoms with Crippen LogP contribution in [0.4, 0.5) is 31.1 Å². The van der Waals surface area contributed by atoms with Gasteiger partial charge in [-0.3, -0.25) is 0 Å². The van der Waals surface area contributed by atoms with Crippen LogP contribution in [0.25, 0.3) is 0 Å². The molecule has 0 amide bonds. The van der Waals surface area contributed by atoms with Gasteiger partial charge in [-0.25, -0.2) is 31.1 Å². The highest BCUT2D eigenvalue weighted by Crippen LogP contribution is 2.31. The number of aliphatic hydroxyl groups excluding tert-OH is 1. The Bertz CT molecular complexity index is 1180. The first-order chi connectivity index (χ1) is 36.4. The van der Waals surface area contributed by atoms with Crippen LogP contribution in [-0.2, 0) is 47.6 Å². The van der Waals surface area contributed by atoms with Gasteiger partial charge < -0.3 is 52.7 Å². The lowest BCUT2D eigenvalue weighted by molar-refractivity contribution is -0.0715. The minimum absolute atomic E-state index is 0. The first kappa shape index (κ1) is 91.5. The van der Waals surface area contributed by atoms with Crippen molar-refractivity contribution in [2.75, 3.05) is 121 Å². The lowest BCUT2D eigenvalue weighted by Crippen LogP contribution is -2.26. The van der Waals surface area contributed by atoms with Crippen LogP contribution >= 0.6 is 0 Å². The summed E-state index contributed by atoms with van der Waals surface area (Å²) >= 11 is 0. The molecule has 0 spiro atoms. The fourth-order valence-electron chi connectivity index (χ4n) is 5.02. The number of halogens is 6. The van der Waals surface area contributed by atoms with Crippen LogP contribution in [0.1, 0.15) is 166 Å². The smallest absolute Gasteiger partial charge is 0.438 e. The van der Waals surface area contributed by atoms with E-state index < -0.39 is 37.5 Å². The van der Waals surface area contributed by atoms with Gasteiger partial charge in [0.1, 0.15) is 26.5 Å². The van der Waals surface area contributed by atoms with E-state index in [2.05, 4.69) is 67.7 Å². The van der Waals surface area contributed by atoms with E-state index in [9.17, 15) is 31.1 Å². The summed E-state index contributed by atoms with van der Waals surface area (Å²) in [4.78, 5) is 19.5. The van der Waals surface area contributed by atoms with Gasteiger partial charge in [-0.1, -0.05) is 73.0 Å². The van der Waals surface area contributed by atoms with Crippen LogP contribution in [0.15, 0.2) is 35.6 Å². The highest BCUT2D eigenvalue weighted by atomic mass is 19.3. The Balaban J connectivity index is -0.000000116. The molecule has 0 aromatic rings. The molecule has 20 heteroatoms. The number of nitrogens with zero attached hydrogens (tertiary/aromatic N) is 2. The van der Waals surface area contributed by atoms with Gasteiger partial charge in [0, 0.05) is 87.8 Å². The number of alkyl halides is 6. The van der Waals surface area contributed by atoms with Crippen molar-refractivity contribution in [3.63, 3.8) is 0 Å². The third-order valence-corrected chi connectivity index (χ3v) is 10.2. The van der Waals surface area contributed by atoms with Crippen molar-refractivity contribution in [3.05, 3.63) is 25.3 Å². The summed E-state index contributed by atoms with van der Waals surface area (Å²) < 4.78 is 109. The van der Waals surface area contributed by atoms with Crippen LogP contribution in [0.2, 0.25) is 0 Å². The highest BCUT2D eigenvalue weighted by Gasteiger charge is 2.35. The van der Waals surface area contributed by atoms with Gasteiger partial charge in [-0.05, 0) is 121 Å². The van der Waals surface area contributed by atoms with Gasteiger partial charge in [0.05, 0.1) is 33.5 Å². The quantitative estimate of drug-likeness (QED) is 0.0189. The number of carbonyl (C=O) groups excluding carboxylic acids is 1. The Hall–Kier alpha value is -3.01. The summed E-state index contributed by atoms with van der Waals surface area (Å²) in [7, 11) is 5.86. The Kier molecular flexibility index (Phi) is 84.4. The number of hydrogen-bond donors (Lipinski definition) is 1. The van der Waals surface area contributed by atoms with Crippen molar-refractivity contribution < 1.29 is 83.8 Å². The zero-order chi connectivity index (χ0) is 59.2. The number of aliphatic hydroxyl groups is 1. The Morgan fingerprint density at radius 3 is 1.33 bits per heavy atom. The molecule has 474 valence electrons. The summed E-state index contributed by atoms with van der Waals surface area (Å²) in [6.07, 6.45) is 19.2. The standard InChI is InChI=1S/C8H14O3.C7H12O.C6H11F3.C6H12O.C5H10F2O.C5H9FO.C5H9NO.C5H10O.C5H12O.C3H7NO.CH4O.2CH4/c1-10-8(9)11-6-5-7-3-2-4-7;1-2-5-8-6-7-3-4-7;1-3-4-6(8,9)5(2)7;1-7-5-6-3-2-4-6;1-3-8-4-5(2,6)7;1-2-4-7-5-3-6;1-6-7-4-5-2-3-5;1-6-4-5-2-3-5;1-3-5-6-4-2;1-3-5-4-2;1-2;;/h7H,2-6H2,1H3;2,7H,1,3-6H2;5H,3-4H2,1-2H3;6H,2-5H2,1H3;3-4H2,1-2H3;2H,1,3-5H2;5H,1-4H2;5H,2-4H2,1H3;3-5H2,1-2H3;2-3H2,1H3;2H,1H3;2*1H4. The second kappa shape index (κ2) is 72.0. The first-order valence-corrected chi connectivity index (χ1v) is 27.1. The molecule has 0 bridgehead atoms. The van der Waals surface area contributed by atoms with E-state index in [-0.39, 0.29) is 27.9 Å². The third-order valence-electron chi connectivity index (χ3n) is 10.2. The summed E-state index contributed by atoms with van der Waals surface area (Å²) in [5.41, 5.74) is 0. The van der Waals surface area contributed by atoms with Crippen LogP contribution in [0, 0.1) is 29.6 Å². The van der Waals surface area contributed by atoms with Crippen molar-refractivity contribution in [3.8, 4) is 0 Å². The minimum atomic E-state index is -3.12. The van der Waals surface area contributed by atoms with E-state index in [0.29, 0.717) is 32.8 Å². The molecule has 0 saturated heterocycles. The molecule has 0 aliphatic heterocycles. The largest absolute Gasteiger partial charge is 0.507 e. The average molecular weight is 1150 g/mol. The fourth-order valence-corrected chi connectivity index (χ4v) is 5.02. The molecule has 14 nitrogen and oxygen atoms in total. The molecule has 1 atom stereocenters. The molecule has 5 saturated carbocycles. The summed E-state index contributed by atoms with van der Waals surface area (Å²) in [5, 5.41) is 13.4. The second-order valence-electron chi connectivity index (χ2n) is 17.8. The third kappa shape index (κ3) is 89.6. The SMILES string of the molecule is C.C.C=CCOCC1CC1.C=CCOCCF.C=NOCC.C=NOCC1CC1.CCCC(F)(F)C(C)F.CCCOCC.CCOCC(C)(F)F.CO.COC(=O)OCCC1CCC1.COCC1CC1.COCC1CCC1. The van der Waals surface area contributed by atoms with Gasteiger partial charge in [-0.15, -0.1) is 23.5 Å². The van der Waals surface area contributed by atoms with Crippen molar-refractivity contribution in [2.45, 2.75) is 184 Å². The maximum atomic E-state index is 12.2. The predicted octanol–water partition coefficient (Wildman–Crippen LogP) is 15.6. The number of ether oxygens (including phenoxy) is 8. The molecule has 1 unspecified atom stereocenters. The number of methoxy groups -OCH3 is 3. The normalized spacial score (nSPS) is 14.6. The minimum Gasteiger partial charge on any atom is -0.438 e. The molecule has 5 aliphatic carbocycles. The molecule has 0 aromatic carbocycles. The van der Waals surface area contributed by atoms with Crippen molar-refractivity contribution in [1.82, 2.24) is 0 Å². The predicted molar refractivity (Wildman–Crippen MR) is 310 cm³/mol. The van der Waals surface area contributed by atoms with Crippen LogP contribution in [0.5, 0.6) is 0 Å². The molecule has 5 rings (SSSR count). The Morgan fingerprint density at radius 2 is 1.08 bits per heavy atom. The van der Waals surface area contributed by atoms with Crippen LogP contribution in [0.3, 0.4) is 0 Å². The molecular formula is C58H118F6N2O12. The van der Waals surface area contributed by atoms with Crippen LogP contribution in [-0.4, -0.2) is 164 Å². The van der Waals surface area contributed by atoms with Gasteiger partial charge in [-0.2, -0.15) is 0 Å². The van der Waals surface area contributed by atoms with E-state index in [4.69, 9.17) is 28.8 Å². The van der Waals surface area contributed by atoms with E-state index in [1.807, 2.05) is 13.8 Å². The van der Waals surface area contributed by atoms with Crippen molar-refractivity contribution in [2.24, 2.45) is 39.9 Å². The van der Waals surface area contributed by atoms with Gasteiger partial charge in [0.25, 0.3) is 11.8 Å². The Morgan fingerprint density at radius 1 is 0.628 bits per heavy atom. The van der Waals surface area contributed by atoms with E-state index >= 15 is 0 Å². The molecule has 5 fully saturated rings. The van der Waals surface area contributed by atoms with Gasteiger partial charge in [0.15, 0.2) is 6.17 Å². The number of carbonyl (C=O) groups is 1. The highest BCUT2D eigenvalue weighted by molar-refractivity contribution is 5.59. The zero-order valence-corrected chi connectivity index (χ0v) is 49.3. The first-order valence-electron chi connectivity index (χ1n) is 27.1. The van der Waals surface area contributed by atoms with Crippen LogP contribution < -0.4 is 0 Å². The number of hydrogen-bond acceptors (Lipinski definition) is 14. The summed E-state index contributed by atoms with van der Waals surface area (Å²) in [6.45, 7) is 31.6. The average Bonchev–Trinajstić information content (AvgIpc) is 4.22. The lowest BCUT2D eigenvalue weighted by Gasteiger charge is -2.24. The van der Waals surface area contributed by atoms with Gasteiger partial charge >= 0.3 is 6.16 Å². The molecule has 5 aliphatic rings. The molecule has 1 N–H and O–H groups in total. The molecule has 78 heavy (non-hydrogen) atoms. The second-order valence-corrected chi connectivity index (χ2v) is 17.8. The summed E-state index contributed by atoms with van der Waals surface area (Å²) in [6, 6.07) is 0. The molecule has 0 heterocycles. The zero-order valence-electron chi connectivity index (χ0n) is 49.3. The molecule has 0 aromatic heterocycles. The summed E-state index contributed by atoms with van der Waals surface area (Å²) in [5.74, 6) is -1.48. The van der Waals surface area contributed by atoms with E-state index in [1.54, 1.807) is 40.2 Å². The maximum absolute atomic E-state index is 12.2. The molecular weight excluding hydrogens is 1030 g/mol. The monoisotopic (exact) mass is 1150 g/mol. The van der Waals surface area contributed by atoms with Crippen molar-refractivity contribution >= 4 is 19.6 Å². The Labute approximate surface area is 472 Å². The van der Waals surface area contributed by atoms with E-state index in [1.165, 1.54) is 84.2 Å². The maximum Gasteiger partial charge on any atom is 0.507 e. The van der Waals surface area contributed by atoms with Gasteiger partial charge in [0.2, 0.25) is 0 Å². The topological polar surface area (TPSA) is 154 Å². The number of oxime groups is 2. The van der Waals surface area contributed by atoms with Crippen molar-refractivity contribution in [1.29, 1.82) is 0 Å². The number of rotatable bonds is 29. The molecule has 0 radical (unpaired) electrons.